The molecule has 0 aliphatic rings. The van der Waals surface area contributed by atoms with Gasteiger partial charge in [-0.1, -0.05) is 55.5 Å². The van der Waals surface area contributed by atoms with Crippen molar-refractivity contribution in [2.45, 2.75) is 45.0 Å². The largest absolute Gasteiger partial charge is 0.409 e. The van der Waals surface area contributed by atoms with Crippen molar-refractivity contribution in [2.24, 2.45) is 0 Å². The highest BCUT2D eigenvalue weighted by molar-refractivity contribution is 14.1. The first-order valence-corrected chi connectivity index (χ1v) is 13.5. The lowest BCUT2D eigenvalue weighted by Crippen LogP contribution is -2.37. The molecule has 1 unspecified atom stereocenters. The van der Waals surface area contributed by atoms with E-state index in [1.165, 1.54) is 0 Å². The Labute approximate surface area is 149 Å². The van der Waals surface area contributed by atoms with E-state index in [4.69, 9.17) is 4.43 Å². The van der Waals surface area contributed by atoms with Gasteiger partial charge in [-0.05, 0) is 35.8 Å². The number of alkyl halides is 1. The number of hydrogen-bond acceptors (Lipinski definition) is 3. The van der Waals surface area contributed by atoms with Crippen LogP contribution in [0.3, 0.4) is 0 Å². The summed E-state index contributed by atoms with van der Waals surface area (Å²) < 4.78 is 32.7. The van der Waals surface area contributed by atoms with Crippen molar-refractivity contribution < 1.29 is 12.8 Å². The van der Waals surface area contributed by atoms with Crippen LogP contribution in [0.25, 0.3) is 0 Å². The van der Waals surface area contributed by atoms with Crippen molar-refractivity contribution in [2.75, 3.05) is 15.4 Å². The predicted molar refractivity (Wildman–Crippen MR) is 105 cm³/mol. The summed E-state index contributed by atoms with van der Waals surface area (Å²) in [5.74, 6) is 0. The summed E-state index contributed by atoms with van der Waals surface area (Å²) in [6, 6.07) is 10.8. The van der Waals surface area contributed by atoms with Gasteiger partial charge in [0.05, 0.1) is 12.4 Å². The number of benzene rings is 1. The summed E-state index contributed by atoms with van der Waals surface area (Å²) in [5.41, 5.74) is 1.63. The molecule has 0 saturated carbocycles. The molecular formula is C15H26INO3SSi. The van der Waals surface area contributed by atoms with E-state index in [9.17, 15) is 8.42 Å². The van der Waals surface area contributed by atoms with E-state index < -0.39 is 18.3 Å². The van der Waals surface area contributed by atoms with Crippen LogP contribution in [0.4, 0.5) is 5.69 Å². The summed E-state index contributed by atoms with van der Waals surface area (Å²) in [4.78, 5) is 0. The quantitative estimate of drug-likeness (QED) is 0.338. The first-order chi connectivity index (χ1) is 10.3. The van der Waals surface area contributed by atoms with Crippen LogP contribution in [0.2, 0.25) is 18.1 Å². The molecule has 0 radical (unpaired) electrons. The lowest BCUT2D eigenvalue weighted by Gasteiger charge is -2.33. The van der Waals surface area contributed by atoms with E-state index in [2.05, 4.69) is 48.1 Å². The molecule has 1 rings (SSSR count). The number of nitrogens with one attached hydrogen (secondary N) is 1. The fourth-order valence-corrected chi connectivity index (χ4v) is 6.91. The van der Waals surface area contributed by atoms with Gasteiger partial charge in [0.25, 0.3) is 0 Å². The molecule has 1 N–H and O–H groups in total. The number of anilines is 1. The maximum Gasteiger partial charge on any atom is 0.229 e. The topological polar surface area (TPSA) is 55.4 Å². The third-order valence-electron chi connectivity index (χ3n) is 4.03. The summed E-state index contributed by atoms with van der Waals surface area (Å²) in [6.45, 7) is 6.64. The van der Waals surface area contributed by atoms with Crippen molar-refractivity contribution in [1.82, 2.24) is 0 Å². The second kappa shape index (κ2) is 8.65. The summed E-state index contributed by atoms with van der Waals surface area (Å²) in [6.07, 6.45) is 1.18. The number of hydrogen-bond donors (Lipinski definition) is 1. The molecular weight excluding hydrogens is 429 g/mol. The monoisotopic (exact) mass is 455 g/mol. The van der Waals surface area contributed by atoms with Crippen LogP contribution in [0, 0.1) is 0 Å². The van der Waals surface area contributed by atoms with Crippen LogP contribution >= 0.6 is 22.6 Å². The smallest absolute Gasteiger partial charge is 0.229 e. The second-order valence-electron chi connectivity index (χ2n) is 5.50. The minimum Gasteiger partial charge on any atom is -0.409 e. The average Bonchev–Trinajstić information content (AvgIpc) is 2.48. The molecule has 0 fully saturated rings. The van der Waals surface area contributed by atoms with Gasteiger partial charge in [0.1, 0.15) is 0 Å². The summed E-state index contributed by atoms with van der Waals surface area (Å²) in [5, 5.41) is 0. The standard InChI is InChI=1S/C15H26INO3SSi/c1-5-22(6-2,7-3)20-15(12-16)13-9-8-10-14(11-13)17-21(4,18)19/h8-11,15,17H,5-7,12H2,1-4H3. The molecule has 0 heterocycles. The molecule has 0 spiro atoms. The highest BCUT2D eigenvalue weighted by atomic mass is 127. The molecule has 0 aromatic heterocycles. The zero-order valence-electron chi connectivity index (χ0n) is 13.7. The van der Waals surface area contributed by atoms with E-state index in [1.54, 1.807) is 6.07 Å². The van der Waals surface area contributed by atoms with Gasteiger partial charge < -0.3 is 4.43 Å². The van der Waals surface area contributed by atoms with E-state index in [1.807, 2.05) is 18.2 Å². The predicted octanol–water partition coefficient (Wildman–Crippen LogP) is 4.56. The lowest BCUT2D eigenvalue weighted by molar-refractivity contribution is 0.217. The minimum atomic E-state index is -3.26. The average molecular weight is 455 g/mol. The Hall–Kier alpha value is -0.123. The Morgan fingerprint density at radius 1 is 1.23 bits per heavy atom. The molecule has 7 heteroatoms. The molecule has 0 aliphatic carbocycles. The number of halogens is 1. The fourth-order valence-electron chi connectivity index (χ4n) is 2.51. The maximum absolute atomic E-state index is 11.4. The lowest BCUT2D eigenvalue weighted by atomic mass is 10.1. The van der Waals surface area contributed by atoms with Gasteiger partial charge in [0, 0.05) is 10.1 Å². The van der Waals surface area contributed by atoms with E-state index in [-0.39, 0.29) is 6.10 Å². The Morgan fingerprint density at radius 3 is 2.27 bits per heavy atom. The number of sulfonamides is 1. The van der Waals surface area contributed by atoms with Crippen LogP contribution < -0.4 is 4.72 Å². The molecule has 4 nitrogen and oxygen atoms in total. The van der Waals surface area contributed by atoms with Gasteiger partial charge in [-0.3, -0.25) is 4.72 Å². The fraction of sp³-hybridized carbons (Fsp3) is 0.600. The Morgan fingerprint density at radius 2 is 1.82 bits per heavy atom. The SMILES string of the molecule is CC[Si](CC)(CC)OC(CI)c1cccc(NS(C)(=O)=O)c1. The molecule has 0 amide bonds. The first-order valence-electron chi connectivity index (χ1n) is 7.60. The molecule has 1 aromatic carbocycles. The normalized spacial score (nSPS) is 13.9. The molecule has 1 atom stereocenters. The van der Waals surface area contributed by atoms with Gasteiger partial charge in [-0.15, -0.1) is 0 Å². The Bertz CT molecular complexity index is 568. The molecule has 126 valence electrons. The zero-order chi connectivity index (χ0) is 16.8. The van der Waals surface area contributed by atoms with Crippen LogP contribution in [0.15, 0.2) is 24.3 Å². The van der Waals surface area contributed by atoms with Crippen LogP contribution in [0.5, 0.6) is 0 Å². The molecule has 0 aliphatic heterocycles. The van der Waals surface area contributed by atoms with Gasteiger partial charge >= 0.3 is 0 Å². The minimum absolute atomic E-state index is 0.0217. The van der Waals surface area contributed by atoms with E-state index in [0.29, 0.717) is 5.69 Å². The Balaban J connectivity index is 3.02. The third kappa shape index (κ3) is 5.82. The van der Waals surface area contributed by atoms with Crippen LogP contribution in [0.1, 0.15) is 32.4 Å². The van der Waals surface area contributed by atoms with Gasteiger partial charge in [0.15, 0.2) is 8.32 Å². The summed E-state index contributed by atoms with van der Waals surface area (Å²) >= 11 is 2.34. The van der Waals surface area contributed by atoms with Crippen molar-refractivity contribution in [1.29, 1.82) is 0 Å². The van der Waals surface area contributed by atoms with Crippen LogP contribution in [-0.4, -0.2) is 27.4 Å². The van der Waals surface area contributed by atoms with E-state index >= 15 is 0 Å². The summed E-state index contributed by atoms with van der Waals surface area (Å²) in [7, 11) is -4.95. The van der Waals surface area contributed by atoms with Gasteiger partial charge in [-0.25, -0.2) is 8.42 Å². The molecule has 1 aromatic rings. The van der Waals surface area contributed by atoms with Crippen molar-refractivity contribution in [3.63, 3.8) is 0 Å². The zero-order valence-corrected chi connectivity index (χ0v) is 17.7. The maximum atomic E-state index is 11.4. The molecule has 0 saturated heterocycles. The third-order valence-corrected chi connectivity index (χ3v) is 10.1. The van der Waals surface area contributed by atoms with Crippen molar-refractivity contribution in [3.8, 4) is 0 Å². The first kappa shape index (κ1) is 19.9. The van der Waals surface area contributed by atoms with E-state index in [0.717, 1.165) is 34.4 Å². The highest BCUT2D eigenvalue weighted by Gasteiger charge is 2.32. The second-order valence-corrected chi connectivity index (χ2v) is 12.9. The Kier molecular flexibility index (Phi) is 7.83. The van der Waals surface area contributed by atoms with Crippen molar-refractivity contribution >= 4 is 46.6 Å². The molecule has 22 heavy (non-hydrogen) atoms. The van der Waals surface area contributed by atoms with Gasteiger partial charge in [-0.2, -0.15) is 0 Å². The number of rotatable bonds is 9. The van der Waals surface area contributed by atoms with Crippen LogP contribution in [-0.2, 0) is 14.4 Å². The highest BCUT2D eigenvalue weighted by Crippen LogP contribution is 2.32. The van der Waals surface area contributed by atoms with Gasteiger partial charge in [0.2, 0.25) is 10.0 Å². The van der Waals surface area contributed by atoms with Crippen molar-refractivity contribution in [3.05, 3.63) is 29.8 Å². The molecule has 0 bridgehead atoms.